The van der Waals surface area contributed by atoms with Crippen molar-refractivity contribution in [1.29, 1.82) is 0 Å². The van der Waals surface area contributed by atoms with Gasteiger partial charge >= 0.3 is 0 Å². The van der Waals surface area contributed by atoms with E-state index in [9.17, 15) is 0 Å². The van der Waals surface area contributed by atoms with Crippen LogP contribution in [-0.2, 0) is 25.9 Å². The molecule has 134 valence electrons. The number of aryl methyl sites for hydroxylation is 1. The summed E-state index contributed by atoms with van der Waals surface area (Å²) in [4.78, 5) is 0. The molecule has 0 saturated carbocycles. The van der Waals surface area contributed by atoms with Gasteiger partial charge in [0.25, 0.3) is 0 Å². The highest BCUT2D eigenvalue weighted by Gasteiger charge is 2.23. The summed E-state index contributed by atoms with van der Waals surface area (Å²) in [7, 11) is 1.72. The van der Waals surface area contributed by atoms with Gasteiger partial charge in [0.2, 0.25) is 0 Å². The fraction of sp³-hybridized carbons (Fsp3) is 0.579. The molecule has 1 aromatic carbocycles. The second-order valence-electron chi connectivity index (χ2n) is 7.09. The molecule has 2 atom stereocenters. The monoisotopic (exact) mass is 342 g/mol. The van der Waals surface area contributed by atoms with Crippen LogP contribution in [0.15, 0.2) is 12.1 Å². The van der Waals surface area contributed by atoms with Gasteiger partial charge in [-0.1, -0.05) is 0 Å². The van der Waals surface area contributed by atoms with Gasteiger partial charge in [0, 0.05) is 37.1 Å². The van der Waals surface area contributed by atoms with Crippen LogP contribution in [0.3, 0.4) is 0 Å². The number of fused-ring (bicyclic) bond motifs is 2. The maximum Gasteiger partial charge on any atom is 0.149 e. The van der Waals surface area contributed by atoms with Crippen molar-refractivity contribution >= 4 is 0 Å². The van der Waals surface area contributed by atoms with Crippen LogP contribution in [0.2, 0.25) is 0 Å². The van der Waals surface area contributed by atoms with E-state index < -0.39 is 0 Å². The van der Waals surface area contributed by atoms with Gasteiger partial charge in [-0.05, 0) is 38.8 Å². The third-order valence-corrected chi connectivity index (χ3v) is 5.17. The van der Waals surface area contributed by atoms with Crippen molar-refractivity contribution in [1.82, 2.24) is 20.1 Å². The fourth-order valence-electron chi connectivity index (χ4n) is 3.82. The largest absolute Gasteiger partial charge is 0.496 e. The van der Waals surface area contributed by atoms with Crippen molar-refractivity contribution in [3.63, 3.8) is 0 Å². The number of benzene rings is 1. The normalized spacial score (nSPS) is 19.9. The number of ether oxygens (including phenoxy) is 2. The lowest BCUT2D eigenvalue weighted by Crippen LogP contribution is -2.23. The van der Waals surface area contributed by atoms with E-state index in [0.717, 1.165) is 48.1 Å². The Hall–Kier alpha value is -2.08. The molecule has 0 aliphatic carbocycles. The smallest absolute Gasteiger partial charge is 0.149 e. The summed E-state index contributed by atoms with van der Waals surface area (Å²) >= 11 is 0. The fourth-order valence-corrected chi connectivity index (χ4v) is 3.82. The van der Waals surface area contributed by atoms with Crippen LogP contribution in [0.4, 0.5) is 0 Å². The second-order valence-corrected chi connectivity index (χ2v) is 7.09. The van der Waals surface area contributed by atoms with Gasteiger partial charge in [-0.25, -0.2) is 0 Å². The Labute approximate surface area is 148 Å². The van der Waals surface area contributed by atoms with E-state index in [1.54, 1.807) is 7.11 Å². The molecule has 4 rings (SSSR count). The summed E-state index contributed by atoms with van der Waals surface area (Å²) < 4.78 is 13.8. The van der Waals surface area contributed by atoms with Gasteiger partial charge in [0.15, 0.2) is 0 Å². The Kier molecular flexibility index (Phi) is 4.37. The van der Waals surface area contributed by atoms with Gasteiger partial charge < -0.3 is 19.4 Å². The maximum atomic E-state index is 5.89. The van der Waals surface area contributed by atoms with Crippen LogP contribution < -0.4 is 14.8 Å². The molecule has 1 N–H and O–H groups in total. The number of rotatable bonds is 5. The van der Waals surface area contributed by atoms with Crippen LogP contribution in [0, 0.1) is 0 Å². The zero-order chi connectivity index (χ0) is 17.4. The second kappa shape index (κ2) is 6.67. The van der Waals surface area contributed by atoms with E-state index in [1.165, 1.54) is 18.4 Å². The zero-order valence-corrected chi connectivity index (χ0v) is 15.2. The van der Waals surface area contributed by atoms with Crippen molar-refractivity contribution in [3.8, 4) is 11.5 Å². The lowest BCUT2D eigenvalue weighted by Gasteiger charge is -2.19. The maximum absolute atomic E-state index is 5.89. The molecule has 2 aliphatic heterocycles. The predicted octanol–water partition coefficient (Wildman–Crippen LogP) is 2.80. The summed E-state index contributed by atoms with van der Waals surface area (Å²) in [5, 5.41) is 12.3. The van der Waals surface area contributed by atoms with E-state index in [1.807, 2.05) is 0 Å². The number of nitrogens with zero attached hydrogens (tertiary/aromatic N) is 3. The van der Waals surface area contributed by atoms with Crippen LogP contribution in [-0.4, -0.2) is 28.0 Å². The quantitative estimate of drug-likeness (QED) is 0.905. The Bertz CT molecular complexity index is 771. The van der Waals surface area contributed by atoms with E-state index in [0.29, 0.717) is 6.54 Å². The molecule has 0 unspecified atom stereocenters. The molecule has 2 aromatic rings. The van der Waals surface area contributed by atoms with Crippen molar-refractivity contribution in [3.05, 3.63) is 34.9 Å². The Morgan fingerprint density at radius 2 is 2.24 bits per heavy atom. The summed E-state index contributed by atoms with van der Waals surface area (Å²) in [6.45, 7) is 5.97. The molecule has 25 heavy (non-hydrogen) atoms. The van der Waals surface area contributed by atoms with Crippen LogP contribution in [0.5, 0.6) is 11.5 Å². The predicted molar refractivity (Wildman–Crippen MR) is 95.0 cm³/mol. The number of hydrogen-bond donors (Lipinski definition) is 1. The first kappa shape index (κ1) is 16.4. The molecule has 6 heteroatoms. The van der Waals surface area contributed by atoms with E-state index in [4.69, 9.17) is 9.47 Å². The molecule has 0 bridgehead atoms. The molecule has 3 heterocycles. The van der Waals surface area contributed by atoms with E-state index >= 15 is 0 Å². The van der Waals surface area contributed by atoms with Crippen molar-refractivity contribution < 1.29 is 9.47 Å². The number of methoxy groups -OCH3 is 1. The first-order valence-electron chi connectivity index (χ1n) is 9.17. The highest BCUT2D eigenvalue weighted by molar-refractivity contribution is 5.48. The molecule has 0 fully saturated rings. The lowest BCUT2D eigenvalue weighted by atomic mass is 10.1. The molecule has 1 aromatic heterocycles. The Morgan fingerprint density at radius 1 is 1.36 bits per heavy atom. The van der Waals surface area contributed by atoms with E-state index in [-0.39, 0.29) is 12.1 Å². The Morgan fingerprint density at radius 3 is 3.08 bits per heavy atom. The summed E-state index contributed by atoms with van der Waals surface area (Å²) in [5.74, 6) is 4.05. The molecular weight excluding hydrogens is 316 g/mol. The molecule has 0 amide bonds. The third kappa shape index (κ3) is 3.11. The van der Waals surface area contributed by atoms with Crippen LogP contribution >= 0.6 is 0 Å². The third-order valence-electron chi connectivity index (χ3n) is 5.17. The molecule has 2 aliphatic rings. The highest BCUT2D eigenvalue weighted by Crippen LogP contribution is 2.35. The number of hydrogen-bond acceptors (Lipinski definition) is 5. The number of aromatic nitrogens is 3. The lowest BCUT2D eigenvalue weighted by molar-refractivity contribution is 0.254. The molecule has 0 radical (unpaired) electrons. The molecule has 6 nitrogen and oxygen atoms in total. The standard InChI is InChI=1S/C19H26N4O2/c1-12-8-14-9-16(24-3)15(10-17(14)25-12)11-20-13(2)19-22-21-18-6-4-5-7-23(18)19/h9-10,12-13,20H,4-8,11H2,1-3H3/t12-,13-/m0/s1. The van der Waals surface area contributed by atoms with Gasteiger partial charge in [0.05, 0.1) is 13.2 Å². The van der Waals surface area contributed by atoms with Gasteiger partial charge in [0.1, 0.15) is 29.3 Å². The van der Waals surface area contributed by atoms with Gasteiger partial charge in [-0.3, -0.25) is 0 Å². The van der Waals surface area contributed by atoms with Crippen LogP contribution in [0.1, 0.15) is 55.5 Å². The van der Waals surface area contributed by atoms with Crippen molar-refractivity contribution in [2.45, 2.75) is 64.8 Å². The summed E-state index contributed by atoms with van der Waals surface area (Å²) in [6, 6.07) is 4.35. The topological polar surface area (TPSA) is 61.2 Å². The zero-order valence-electron chi connectivity index (χ0n) is 15.2. The SMILES string of the molecule is COc1cc2c(cc1CN[C@@H](C)c1nnc3n1CCCC3)O[C@@H](C)C2. The van der Waals surface area contributed by atoms with Crippen molar-refractivity contribution in [2.24, 2.45) is 0 Å². The first-order chi connectivity index (χ1) is 12.2. The minimum Gasteiger partial charge on any atom is -0.496 e. The highest BCUT2D eigenvalue weighted by atomic mass is 16.5. The van der Waals surface area contributed by atoms with Gasteiger partial charge in [-0.15, -0.1) is 10.2 Å². The summed E-state index contributed by atoms with van der Waals surface area (Å²) in [5.41, 5.74) is 2.34. The van der Waals surface area contributed by atoms with Crippen molar-refractivity contribution in [2.75, 3.05) is 7.11 Å². The molecular formula is C19H26N4O2. The average Bonchev–Trinajstić information content (AvgIpc) is 3.20. The average molecular weight is 342 g/mol. The summed E-state index contributed by atoms with van der Waals surface area (Å²) in [6.07, 6.45) is 4.64. The van der Waals surface area contributed by atoms with Crippen LogP contribution in [0.25, 0.3) is 0 Å². The Balaban J connectivity index is 1.50. The minimum absolute atomic E-state index is 0.136. The minimum atomic E-state index is 0.136. The number of nitrogens with one attached hydrogen (secondary N) is 1. The molecule has 0 spiro atoms. The van der Waals surface area contributed by atoms with E-state index in [2.05, 4.69) is 46.1 Å². The van der Waals surface area contributed by atoms with Gasteiger partial charge in [-0.2, -0.15) is 0 Å². The first-order valence-corrected chi connectivity index (χ1v) is 9.17. The molecule has 0 saturated heterocycles.